The molecule has 4 rings (SSSR count). The van der Waals surface area contributed by atoms with Crippen molar-refractivity contribution in [1.29, 1.82) is 0 Å². The first-order valence-electron chi connectivity index (χ1n) is 10.9. The fourth-order valence-corrected chi connectivity index (χ4v) is 3.64. The van der Waals surface area contributed by atoms with E-state index in [1.165, 1.54) is 0 Å². The molecule has 0 radical (unpaired) electrons. The van der Waals surface area contributed by atoms with Crippen LogP contribution in [-0.2, 0) is 9.53 Å². The zero-order valence-corrected chi connectivity index (χ0v) is 19.5. The quantitative estimate of drug-likeness (QED) is 0.397. The molecular formula is C26H26N4O4. The molecule has 2 aromatic heterocycles. The second-order valence-corrected chi connectivity index (χ2v) is 8.15. The van der Waals surface area contributed by atoms with Gasteiger partial charge in [0, 0.05) is 23.0 Å². The number of pyridine rings is 1. The zero-order valence-electron chi connectivity index (χ0n) is 19.5. The molecule has 8 heteroatoms. The van der Waals surface area contributed by atoms with Crippen LogP contribution >= 0.6 is 0 Å². The van der Waals surface area contributed by atoms with Gasteiger partial charge in [-0.3, -0.25) is 4.79 Å². The van der Waals surface area contributed by atoms with Crippen molar-refractivity contribution in [2.24, 2.45) is 0 Å². The smallest absolute Gasteiger partial charge is 0.340 e. The standard InChI is InChI=1S/C26H26N4O4/c1-16(2)30-24-22(15-27-30)21(14-17(3)28-24)26(32)34-23(18-8-6-5-7-9-18)25(31)29-19-10-12-20(33-4)13-11-19/h5-16,23H,1-4H3,(H,29,31). The van der Waals surface area contributed by atoms with E-state index < -0.39 is 18.0 Å². The zero-order chi connectivity index (χ0) is 24.2. The summed E-state index contributed by atoms with van der Waals surface area (Å²) in [6.07, 6.45) is 0.451. The van der Waals surface area contributed by atoms with Crippen molar-refractivity contribution in [1.82, 2.24) is 14.8 Å². The Morgan fingerprint density at radius 3 is 2.38 bits per heavy atom. The fraction of sp³-hybridized carbons (Fsp3) is 0.231. The molecule has 0 aliphatic heterocycles. The van der Waals surface area contributed by atoms with Crippen molar-refractivity contribution < 1.29 is 19.1 Å². The largest absolute Gasteiger partial charge is 0.497 e. The van der Waals surface area contributed by atoms with Crippen LogP contribution in [0.1, 0.15) is 47.6 Å². The summed E-state index contributed by atoms with van der Waals surface area (Å²) in [5.74, 6) is -0.426. The highest BCUT2D eigenvalue weighted by Gasteiger charge is 2.27. The summed E-state index contributed by atoms with van der Waals surface area (Å²) in [5.41, 5.74) is 2.68. The third-order valence-electron chi connectivity index (χ3n) is 5.33. The van der Waals surface area contributed by atoms with E-state index in [-0.39, 0.29) is 6.04 Å². The maximum absolute atomic E-state index is 13.3. The van der Waals surface area contributed by atoms with E-state index in [1.54, 1.807) is 79.5 Å². The van der Waals surface area contributed by atoms with Gasteiger partial charge in [0.1, 0.15) is 5.75 Å². The van der Waals surface area contributed by atoms with Crippen LogP contribution in [0, 0.1) is 6.92 Å². The highest BCUT2D eigenvalue weighted by atomic mass is 16.5. The minimum absolute atomic E-state index is 0.0722. The number of carbonyl (C=O) groups is 2. The van der Waals surface area contributed by atoms with Crippen molar-refractivity contribution in [3.05, 3.63) is 83.7 Å². The number of aromatic nitrogens is 3. The van der Waals surface area contributed by atoms with Crippen LogP contribution in [0.15, 0.2) is 66.9 Å². The van der Waals surface area contributed by atoms with Gasteiger partial charge < -0.3 is 14.8 Å². The maximum atomic E-state index is 13.3. The fourth-order valence-electron chi connectivity index (χ4n) is 3.64. The lowest BCUT2D eigenvalue weighted by atomic mass is 10.1. The van der Waals surface area contributed by atoms with Crippen LogP contribution in [0.4, 0.5) is 5.69 Å². The second kappa shape index (κ2) is 9.74. The SMILES string of the molecule is COc1ccc(NC(=O)C(OC(=O)c2cc(C)nc3c2cnn3C(C)C)c2ccccc2)cc1. The Morgan fingerprint density at radius 1 is 1.03 bits per heavy atom. The lowest BCUT2D eigenvalue weighted by Gasteiger charge is -2.19. The van der Waals surface area contributed by atoms with Crippen molar-refractivity contribution >= 4 is 28.6 Å². The average Bonchev–Trinajstić information content (AvgIpc) is 3.27. The minimum atomic E-state index is -1.15. The Kier molecular flexibility index (Phi) is 6.58. The van der Waals surface area contributed by atoms with E-state index in [4.69, 9.17) is 9.47 Å². The third-order valence-corrected chi connectivity index (χ3v) is 5.33. The first-order chi connectivity index (χ1) is 16.4. The molecule has 0 bridgehead atoms. The van der Waals surface area contributed by atoms with E-state index in [0.29, 0.717) is 39.3 Å². The van der Waals surface area contributed by atoms with Gasteiger partial charge in [0.2, 0.25) is 6.10 Å². The number of ether oxygens (including phenoxy) is 2. The summed E-state index contributed by atoms with van der Waals surface area (Å²) < 4.78 is 12.7. The molecule has 0 saturated carbocycles. The molecule has 0 saturated heterocycles. The summed E-state index contributed by atoms with van der Waals surface area (Å²) in [6.45, 7) is 5.78. The van der Waals surface area contributed by atoms with E-state index in [9.17, 15) is 9.59 Å². The summed E-state index contributed by atoms with van der Waals surface area (Å²) in [4.78, 5) is 31.1. The number of anilines is 1. The first kappa shape index (κ1) is 23.0. The lowest BCUT2D eigenvalue weighted by molar-refractivity contribution is -0.125. The molecule has 1 atom stereocenters. The van der Waals surface area contributed by atoms with E-state index in [0.717, 1.165) is 0 Å². The highest BCUT2D eigenvalue weighted by Crippen LogP contribution is 2.26. The number of methoxy groups -OCH3 is 1. The molecule has 0 aliphatic rings. The van der Waals surface area contributed by atoms with E-state index >= 15 is 0 Å². The molecule has 34 heavy (non-hydrogen) atoms. The molecule has 0 spiro atoms. The Balaban J connectivity index is 1.65. The predicted molar refractivity (Wildman–Crippen MR) is 129 cm³/mol. The van der Waals surface area contributed by atoms with Crippen LogP contribution in [0.2, 0.25) is 0 Å². The molecule has 2 heterocycles. The summed E-state index contributed by atoms with van der Waals surface area (Å²) in [7, 11) is 1.57. The molecule has 1 unspecified atom stereocenters. The van der Waals surface area contributed by atoms with Gasteiger partial charge >= 0.3 is 5.97 Å². The van der Waals surface area contributed by atoms with Gasteiger partial charge in [-0.2, -0.15) is 5.10 Å². The van der Waals surface area contributed by atoms with Crippen molar-refractivity contribution in [3.63, 3.8) is 0 Å². The van der Waals surface area contributed by atoms with E-state index in [2.05, 4.69) is 15.4 Å². The molecule has 4 aromatic rings. The average molecular weight is 459 g/mol. The number of aryl methyl sites for hydroxylation is 1. The Bertz CT molecular complexity index is 1310. The number of fused-ring (bicyclic) bond motifs is 1. The van der Waals surface area contributed by atoms with Crippen LogP contribution in [0.3, 0.4) is 0 Å². The number of nitrogens with zero attached hydrogens (tertiary/aromatic N) is 3. The van der Waals surface area contributed by atoms with Crippen LogP contribution < -0.4 is 10.1 Å². The van der Waals surface area contributed by atoms with Crippen LogP contribution in [0.25, 0.3) is 11.0 Å². The molecule has 0 aliphatic carbocycles. The normalized spacial score (nSPS) is 11.9. The molecular weight excluding hydrogens is 432 g/mol. The second-order valence-electron chi connectivity index (χ2n) is 8.15. The van der Waals surface area contributed by atoms with Crippen LogP contribution in [0.5, 0.6) is 5.75 Å². The lowest BCUT2D eigenvalue weighted by Crippen LogP contribution is -2.26. The van der Waals surface area contributed by atoms with Crippen LogP contribution in [-0.4, -0.2) is 33.8 Å². The summed E-state index contributed by atoms with van der Waals surface area (Å²) in [6, 6.07) is 17.5. The van der Waals surface area contributed by atoms with E-state index in [1.807, 2.05) is 19.9 Å². The first-order valence-corrected chi connectivity index (χ1v) is 10.9. The molecule has 1 N–H and O–H groups in total. The van der Waals surface area contributed by atoms with Gasteiger partial charge in [-0.25, -0.2) is 14.5 Å². The molecule has 174 valence electrons. The molecule has 8 nitrogen and oxygen atoms in total. The number of carbonyl (C=O) groups excluding carboxylic acids is 2. The summed E-state index contributed by atoms with van der Waals surface area (Å²) >= 11 is 0. The number of esters is 1. The summed E-state index contributed by atoms with van der Waals surface area (Å²) in [5, 5.41) is 7.77. The molecule has 2 aromatic carbocycles. The maximum Gasteiger partial charge on any atom is 0.340 e. The van der Waals surface area contributed by atoms with Gasteiger partial charge in [0.25, 0.3) is 5.91 Å². The Morgan fingerprint density at radius 2 is 1.74 bits per heavy atom. The monoisotopic (exact) mass is 458 g/mol. The number of hydrogen-bond acceptors (Lipinski definition) is 6. The van der Waals surface area contributed by atoms with Gasteiger partial charge in [-0.05, 0) is 51.1 Å². The third kappa shape index (κ3) is 4.76. The number of rotatable bonds is 7. The number of hydrogen-bond donors (Lipinski definition) is 1. The molecule has 0 fully saturated rings. The van der Waals surface area contributed by atoms with Crippen molar-refractivity contribution in [2.45, 2.75) is 32.9 Å². The van der Waals surface area contributed by atoms with Gasteiger partial charge in [-0.15, -0.1) is 0 Å². The van der Waals surface area contributed by atoms with Gasteiger partial charge in [-0.1, -0.05) is 30.3 Å². The predicted octanol–water partition coefficient (Wildman–Crippen LogP) is 4.87. The van der Waals surface area contributed by atoms with Gasteiger partial charge in [0.05, 0.1) is 24.3 Å². The number of benzene rings is 2. The van der Waals surface area contributed by atoms with Crippen molar-refractivity contribution in [2.75, 3.05) is 12.4 Å². The molecule has 1 amide bonds. The number of nitrogens with one attached hydrogen (secondary N) is 1. The Hall–Kier alpha value is -4.20. The number of amides is 1. The highest BCUT2D eigenvalue weighted by molar-refractivity contribution is 6.04. The Labute approximate surface area is 197 Å². The minimum Gasteiger partial charge on any atom is -0.497 e. The van der Waals surface area contributed by atoms with Gasteiger partial charge in [0.15, 0.2) is 5.65 Å². The van der Waals surface area contributed by atoms with Crippen molar-refractivity contribution in [3.8, 4) is 5.75 Å². The topological polar surface area (TPSA) is 95.3 Å².